The standard InChI is InChI=1S/C15H12F3NO3S/c1-21-12-6-7-23-13(12)10-4-2-9(3-5-10)11-8-14(20,22-19-11)15(16,17)18/h2-7,20H,8H2,1H3. The van der Waals surface area contributed by atoms with Gasteiger partial charge in [0.1, 0.15) is 5.75 Å². The highest BCUT2D eigenvalue weighted by Crippen LogP contribution is 2.39. The lowest BCUT2D eigenvalue weighted by atomic mass is 10.0. The molecule has 1 atom stereocenters. The number of hydrogen-bond donors (Lipinski definition) is 1. The topological polar surface area (TPSA) is 51.0 Å². The number of aliphatic hydroxyl groups is 1. The number of oxime groups is 1. The lowest BCUT2D eigenvalue weighted by Crippen LogP contribution is -2.45. The van der Waals surface area contributed by atoms with Gasteiger partial charge in [0.15, 0.2) is 0 Å². The number of hydrogen-bond acceptors (Lipinski definition) is 5. The molecule has 0 saturated heterocycles. The fourth-order valence-corrected chi connectivity index (χ4v) is 3.08. The fourth-order valence-electron chi connectivity index (χ4n) is 2.21. The van der Waals surface area contributed by atoms with Gasteiger partial charge in [-0.25, -0.2) is 0 Å². The van der Waals surface area contributed by atoms with Crippen molar-refractivity contribution in [1.29, 1.82) is 0 Å². The van der Waals surface area contributed by atoms with Gasteiger partial charge in [-0.15, -0.1) is 11.3 Å². The third-order valence-corrected chi connectivity index (χ3v) is 4.43. The molecule has 0 aliphatic carbocycles. The van der Waals surface area contributed by atoms with E-state index in [4.69, 9.17) is 4.74 Å². The number of nitrogens with zero attached hydrogens (tertiary/aromatic N) is 1. The number of methoxy groups -OCH3 is 1. The molecular formula is C15H12F3NO3S. The smallest absolute Gasteiger partial charge is 0.458 e. The highest BCUT2D eigenvalue weighted by molar-refractivity contribution is 7.14. The Balaban J connectivity index is 1.82. The molecule has 1 aromatic carbocycles. The van der Waals surface area contributed by atoms with Crippen LogP contribution in [0.4, 0.5) is 13.2 Å². The Kier molecular flexibility index (Phi) is 3.81. The Morgan fingerprint density at radius 3 is 2.43 bits per heavy atom. The summed E-state index contributed by atoms with van der Waals surface area (Å²) in [6.07, 6.45) is -5.64. The molecule has 1 aromatic heterocycles. The fraction of sp³-hybridized carbons (Fsp3) is 0.267. The van der Waals surface area contributed by atoms with E-state index in [2.05, 4.69) is 9.99 Å². The van der Waals surface area contributed by atoms with Crippen molar-refractivity contribution in [3.05, 3.63) is 41.3 Å². The summed E-state index contributed by atoms with van der Waals surface area (Å²) in [5.41, 5.74) is 1.39. The minimum absolute atomic E-state index is 0.0505. The summed E-state index contributed by atoms with van der Waals surface area (Å²) >= 11 is 1.50. The van der Waals surface area contributed by atoms with Crippen LogP contribution in [0.25, 0.3) is 10.4 Å². The van der Waals surface area contributed by atoms with Crippen LogP contribution in [0.15, 0.2) is 40.9 Å². The summed E-state index contributed by atoms with van der Waals surface area (Å²) in [4.78, 5) is 5.14. The van der Waals surface area contributed by atoms with Crippen molar-refractivity contribution in [2.75, 3.05) is 7.11 Å². The predicted molar refractivity (Wildman–Crippen MR) is 79.6 cm³/mol. The molecule has 4 nitrogen and oxygen atoms in total. The number of thiophene rings is 1. The summed E-state index contributed by atoms with van der Waals surface area (Å²) in [7, 11) is 1.57. The molecule has 0 radical (unpaired) electrons. The van der Waals surface area contributed by atoms with Crippen LogP contribution >= 0.6 is 11.3 Å². The van der Waals surface area contributed by atoms with Crippen molar-refractivity contribution in [3.63, 3.8) is 0 Å². The van der Waals surface area contributed by atoms with Crippen molar-refractivity contribution >= 4 is 17.0 Å². The van der Waals surface area contributed by atoms with Gasteiger partial charge in [-0.05, 0) is 22.6 Å². The van der Waals surface area contributed by atoms with Crippen LogP contribution in [0.2, 0.25) is 0 Å². The van der Waals surface area contributed by atoms with Gasteiger partial charge in [0, 0.05) is 0 Å². The van der Waals surface area contributed by atoms with Crippen LogP contribution in [-0.2, 0) is 4.84 Å². The molecule has 8 heteroatoms. The molecular weight excluding hydrogens is 331 g/mol. The molecule has 0 fully saturated rings. The second kappa shape index (κ2) is 5.54. The van der Waals surface area contributed by atoms with Crippen molar-refractivity contribution in [3.8, 4) is 16.2 Å². The van der Waals surface area contributed by atoms with Gasteiger partial charge in [0.2, 0.25) is 0 Å². The summed E-state index contributed by atoms with van der Waals surface area (Å²) in [5.74, 6) is -2.52. The number of benzene rings is 1. The van der Waals surface area contributed by atoms with E-state index in [1.165, 1.54) is 11.3 Å². The second-order valence-corrected chi connectivity index (χ2v) is 5.90. The summed E-state index contributed by atoms with van der Waals surface area (Å²) in [6, 6.07) is 8.64. The molecule has 0 bridgehead atoms. The predicted octanol–water partition coefficient (Wildman–Crippen LogP) is 3.80. The molecule has 1 N–H and O–H groups in total. The van der Waals surface area contributed by atoms with Crippen LogP contribution in [0, 0.1) is 0 Å². The number of alkyl halides is 3. The first-order chi connectivity index (χ1) is 10.8. The van der Waals surface area contributed by atoms with Gasteiger partial charge in [-0.1, -0.05) is 29.4 Å². The Hall–Kier alpha value is -2.06. The summed E-state index contributed by atoms with van der Waals surface area (Å²) in [6.45, 7) is 0. The maximum Gasteiger partial charge on any atom is 0.458 e. The highest BCUT2D eigenvalue weighted by atomic mass is 32.1. The first-order valence-electron chi connectivity index (χ1n) is 6.60. The molecule has 122 valence electrons. The van der Waals surface area contributed by atoms with Gasteiger partial charge < -0.3 is 14.7 Å². The maximum absolute atomic E-state index is 12.7. The Morgan fingerprint density at radius 2 is 1.87 bits per heavy atom. The number of halogens is 3. The van der Waals surface area contributed by atoms with E-state index in [9.17, 15) is 18.3 Å². The van der Waals surface area contributed by atoms with Crippen LogP contribution in [0.5, 0.6) is 5.75 Å². The van der Waals surface area contributed by atoms with E-state index in [1.54, 1.807) is 31.4 Å². The molecule has 0 saturated carbocycles. The number of ether oxygens (including phenoxy) is 1. The zero-order valence-electron chi connectivity index (χ0n) is 11.9. The Labute approximate surface area is 133 Å². The maximum atomic E-state index is 12.7. The van der Waals surface area contributed by atoms with Gasteiger partial charge in [-0.3, -0.25) is 0 Å². The van der Waals surface area contributed by atoms with E-state index in [1.807, 2.05) is 11.4 Å². The highest BCUT2D eigenvalue weighted by Gasteiger charge is 2.60. The second-order valence-electron chi connectivity index (χ2n) is 4.98. The zero-order valence-corrected chi connectivity index (χ0v) is 12.7. The molecule has 1 aliphatic rings. The SMILES string of the molecule is COc1ccsc1-c1ccc(C2=NOC(O)(C(F)(F)F)C2)cc1. The van der Waals surface area contributed by atoms with Gasteiger partial charge in [-0.2, -0.15) is 13.2 Å². The summed E-state index contributed by atoms with van der Waals surface area (Å²) < 4.78 is 43.4. The van der Waals surface area contributed by atoms with Crippen LogP contribution in [-0.4, -0.2) is 29.9 Å². The first-order valence-corrected chi connectivity index (χ1v) is 7.48. The third-order valence-electron chi connectivity index (χ3n) is 3.49. The van der Waals surface area contributed by atoms with Gasteiger partial charge >= 0.3 is 12.0 Å². The van der Waals surface area contributed by atoms with Gasteiger partial charge in [0.05, 0.1) is 24.1 Å². The molecule has 0 spiro atoms. The molecule has 1 unspecified atom stereocenters. The van der Waals surface area contributed by atoms with E-state index < -0.39 is 18.4 Å². The van der Waals surface area contributed by atoms with Crippen molar-refractivity contribution in [1.82, 2.24) is 0 Å². The average Bonchev–Trinajstić information content (AvgIpc) is 3.14. The monoisotopic (exact) mass is 343 g/mol. The van der Waals surface area contributed by atoms with E-state index in [0.717, 1.165) is 16.2 Å². The van der Waals surface area contributed by atoms with Crippen LogP contribution in [0.3, 0.4) is 0 Å². The Bertz CT molecular complexity index is 739. The lowest BCUT2D eigenvalue weighted by Gasteiger charge is -2.22. The minimum atomic E-state index is -4.90. The molecule has 23 heavy (non-hydrogen) atoms. The quantitative estimate of drug-likeness (QED) is 0.922. The molecule has 3 rings (SSSR count). The lowest BCUT2D eigenvalue weighted by molar-refractivity contribution is -0.355. The normalized spacial score (nSPS) is 21.0. The minimum Gasteiger partial charge on any atom is -0.495 e. The molecule has 1 aliphatic heterocycles. The van der Waals surface area contributed by atoms with Crippen LogP contribution in [0.1, 0.15) is 12.0 Å². The molecule has 2 heterocycles. The largest absolute Gasteiger partial charge is 0.495 e. The van der Waals surface area contributed by atoms with Crippen molar-refractivity contribution in [2.45, 2.75) is 18.4 Å². The third kappa shape index (κ3) is 2.79. The molecule has 0 amide bonds. The van der Waals surface area contributed by atoms with E-state index in [-0.39, 0.29) is 5.71 Å². The first kappa shape index (κ1) is 15.8. The average molecular weight is 343 g/mol. The van der Waals surface area contributed by atoms with Gasteiger partial charge in [0.25, 0.3) is 0 Å². The van der Waals surface area contributed by atoms with Crippen molar-refractivity contribution in [2.24, 2.45) is 5.16 Å². The zero-order chi connectivity index (χ0) is 16.7. The van der Waals surface area contributed by atoms with E-state index in [0.29, 0.717) is 5.56 Å². The summed E-state index contributed by atoms with van der Waals surface area (Å²) in [5, 5.41) is 14.7. The molecule has 2 aromatic rings. The van der Waals surface area contributed by atoms with Crippen LogP contribution < -0.4 is 4.74 Å². The van der Waals surface area contributed by atoms with Crippen molar-refractivity contribution < 1.29 is 27.9 Å². The van der Waals surface area contributed by atoms with E-state index >= 15 is 0 Å². The Morgan fingerprint density at radius 1 is 1.22 bits per heavy atom. The number of rotatable bonds is 3.